The molecule has 2 rings (SSSR count). The number of carbonyl (C=O) groups is 1. The van der Waals surface area contributed by atoms with Crippen LogP contribution in [-0.2, 0) is 16.2 Å². The summed E-state index contributed by atoms with van der Waals surface area (Å²) in [5, 5.41) is 0. The zero-order chi connectivity index (χ0) is 12.1. The summed E-state index contributed by atoms with van der Waals surface area (Å²) in [4.78, 5) is 18.7. The van der Waals surface area contributed by atoms with Gasteiger partial charge < -0.3 is 0 Å². The van der Waals surface area contributed by atoms with Gasteiger partial charge in [-0.25, -0.2) is 5.48 Å². The van der Waals surface area contributed by atoms with Gasteiger partial charge >= 0.3 is 0 Å². The van der Waals surface area contributed by atoms with Crippen LogP contribution in [-0.4, -0.2) is 30.5 Å². The summed E-state index contributed by atoms with van der Waals surface area (Å²) < 4.78 is 0. The molecule has 1 saturated heterocycles. The molecule has 17 heavy (non-hydrogen) atoms. The first-order chi connectivity index (χ1) is 8.31. The van der Waals surface area contributed by atoms with Crippen molar-refractivity contribution in [3.05, 3.63) is 35.9 Å². The summed E-state index contributed by atoms with van der Waals surface area (Å²) in [6, 6.07) is 10.2. The number of nitrogens with zero attached hydrogens (tertiary/aromatic N) is 1. The number of hydroxylamine groups is 1. The predicted molar refractivity (Wildman–Crippen MR) is 65.0 cm³/mol. The van der Waals surface area contributed by atoms with E-state index in [0.717, 1.165) is 25.9 Å². The van der Waals surface area contributed by atoms with E-state index in [-0.39, 0.29) is 11.9 Å². The molecule has 1 aromatic rings. The highest BCUT2D eigenvalue weighted by atomic mass is 16.6. The summed E-state index contributed by atoms with van der Waals surface area (Å²) in [5.74, 6) is -0.0408. The Balaban J connectivity index is 1.98. The third-order valence-electron chi connectivity index (χ3n) is 3.10. The first-order valence-corrected chi connectivity index (χ1v) is 5.92. The molecule has 4 heteroatoms. The van der Waals surface area contributed by atoms with Gasteiger partial charge in [-0.2, -0.15) is 0 Å². The van der Waals surface area contributed by atoms with Crippen LogP contribution in [0.1, 0.15) is 18.4 Å². The standard InChI is InChI=1S/C13H18N2O2/c1-17-14-13(16)12-8-5-9-15(12)10-11-6-3-2-4-7-11/h2-4,6-7,12H,5,8-10H2,1H3,(H,14,16)/t12-/m0/s1. The second kappa shape index (κ2) is 5.80. The second-order valence-electron chi connectivity index (χ2n) is 4.28. The highest BCUT2D eigenvalue weighted by Gasteiger charge is 2.30. The lowest BCUT2D eigenvalue weighted by molar-refractivity contribution is -0.136. The summed E-state index contributed by atoms with van der Waals surface area (Å²) in [6.45, 7) is 1.79. The fourth-order valence-electron chi connectivity index (χ4n) is 2.30. The van der Waals surface area contributed by atoms with Crippen LogP contribution in [0.3, 0.4) is 0 Å². The summed E-state index contributed by atoms with van der Waals surface area (Å²) >= 11 is 0. The number of rotatable bonds is 4. The third kappa shape index (κ3) is 3.05. The maximum Gasteiger partial charge on any atom is 0.260 e. The molecule has 4 nitrogen and oxygen atoms in total. The van der Waals surface area contributed by atoms with Crippen molar-refractivity contribution in [1.82, 2.24) is 10.4 Å². The molecule has 1 fully saturated rings. The van der Waals surface area contributed by atoms with Crippen molar-refractivity contribution in [3.63, 3.8) is 0 Å². The molecule has 1 N–H and O–H groups in total. The lowest BCUT2D eigenvalue weighted by atomic mass is 10.2. The smallest absolute Gasteiger partial charge is 0.260 e. The zero-order valence-electron chi connectivity index (χ0n) is 10.1. The third-order valence-corrected chi connectivity index (χ3v) is 3.10. The van der Waals surface area contributed by atoms with Crippen LogP contribution in [0.5, 0.6) is 0 Å². The van der Waals surface area contributed by atoms with E-state index in [9.17, 15) is 4.79 Å². The average Bonchev–Trinajstić information content (AvgIpc) is 2.79. The Morgan fingerprint density at radius 1 is 1.47 bits per heavy atom. The number of likely N-dealkylation sites (tertiary alicyclic amines) is 1. The molecule has 1 aliphatic heterocycles. The molecule has 0 spiro atoms. The van der Waals surface area contributed by atoms with Crippen LogP contribution >= 0.6 is 0 Å². The second-order valence-corrected chi connectivity index (χ2v) is 4.28. The minimum absolute atomic E-state index is 0.0408. The molecule has 1 aliphatic rings. The van der Waals surface area contributed by atoms with E-state index in [0.29, 0.717) is 0 Å². The van der Waals surface area contributed by atoms with E-state index in [2.05, 4.69) is 27.4 Å². The minimum Gasteiger partial charge on any atom is -0.288 e. The number of nitrogens with one attached hydrogen (secondary N) is 1. The fraction of sp³-hybridized carbons (Fsp3) is 0.462. The van der Waals surface area contributed by atoms with Crippen LogP contribution in [0.4, 0.5) is 0 Å². The monoisotopic (exact) mass is 234 g/mol. The summed E-state index contributed by atoms with van der Waals surface area (Å²) in [6.07, 6.45) is 1.97. The number of carbonyl (C=O) groups excluding carboxylic acids is 1. The fourth-order valence-corrected chi connectivity index (χ4v) is 2.30. The molecular formula is C13H18N2O2. The lowest BCUT2D eigenvalue weighted by Crippen LogP contribution is -2.42. The van der Waals surface area contributed by atoms with Gasteiger partial charge in [0.15, 0.2) is 0 Å². The van der Waals surface area contributed by atoms with Crippen LogP contribution in [0.25, 0.3) is 0 Å². The molecule has 92 valence electrons. The van der Waals surface area contributed by atoms with Crippen molar-refractivity contribution in [3.8, 4) is 0 Å². The van der Waals surface area contributed by atoms with E-state index in [1.807, 2.05) is 18.2 Å². The molecular weight excluding hydrogens is 216 g/mol. The van der Waals surface area contributed by atoms with Gasteiger partial charge in [-0.15, -0.1) is 0 Å². The minimum atomic E-state index is -0.0600. The Hall–Kier alpha value is -1.39. The predicted octanol–water partition coefficient (Wildman–Crippen LogP) is 1.33. The van der Waals surface area contributed by atoms with Crippen molar-refractivity contribution in [2.75, 3.05) is 13.7 Å². The Bertz CT molecular complexity index is 367. The number of amides is 1. The molecule has 1 amide bonds. The lowest BCUT2D eigenvalue weighted by Gasteiger charge is -2.23. The van der Waals surface area contributed by atoms with Gasteiger partial charge in [0.2, 0.25) is 0 Å². The van der Waals surface area contributed by atoms with E-state index in [1.54, 1.807) is 0 Å². The Kier molecular flexibility index (Phi) is 4.12. The van der Waals surface area contributed by atoms with Gasteiger partial charge in [0.05, 0.1) is 13.2 Å². The highest BCUT2D eigenvalue weighted by Crippen LogP contribution is 2.20. The molecule has 1 heterocycles. The maximum atomic E-state index is 11.8. The van der Waals surface area contributed by atoms with Gasteiger partial charge in [-0.3, -0.25) is 14.5 Å². The van der Waals surface area contributed by atoms with Crippen LogP contribution in [0.15, 0.2) is 30.3 Å². The normalized spacial score (nSPS) is 20.4. The van der Waals surface area contributed by atoms with E-state index in [1.165, 1.54) is 12.7 Å². The Morgan fingerprint density at radius 2 is 2.24 bits per heavy atom. The summed E-state index contributed by atoms with van der Waals surface area (Å²) in [7, 11) is 1.47. The van der Waals surface area contributed by atoms with Crippen molar-refractivity contribution >= 4 is 5.91 Å². The van der Waals surface area contributed by atoms with Gasteiger partial charge in [0, 0.05) is 6.54 Å². The molecule has 0 aromatic heterocycles. The van der Waals surface area contributed by atoms with E-state index in [4.69, 9.17) is 0 Å². The topological polar surface area (TPSA) is 41.6 Å². The zero-order valence-corrected chi connectivity index (χ0v) is 10.1. The molecule has 1 aromatic carbocycles. The highest BCUT2D eigenvalue weighted by molar-refractivity contribution is 5.81. The van der Waals surface area contributed by atoms with E-state index < -0.39 is 0 Å². The Morgan fingerprint density at radius 3 is 2.94 bits per heavy atom. The van der Waals surface area contributed by atoms with Gasteiger partial charge in [-0.05, 0) is 24.9 Å². The molecule has 0 aliphatic carbocycles. The van der Waals surface area contributed by atoms with Crippen molar-refractivity contribution in [1.29, 1.82) is 0 Å². The Labute approximate surface area is 102 Å². The van der Waals surface area contributed by atoms with Crippen LogP contribution in [0.2, 0.25) is 0 Å². The van der Waals surface area contributed by atoms with Crippen molar-refractivity contribution < 1.29 is 9.63 Å². The van der Waals surface area contributed by atoms with Crippen LogP contribution < -0.4 is 5.48 Å². The summed E-state index contributed by atoms with van der Waals surface area (Å²) in [5.41, 5.74) is 3.66. The SMILES string of the molecule is CONC(=O)[C@@H]1CCCN1Cc1ccccc1. The van der Waals surface area contributed by atoms with Crippen LogP contribution in [0, 0.1) is 0 Å². The molecule has 1 atom stereocenters. The molecule has 0 unspecified atom stereocenters. The first-order valence-electron chi connectivity index (χ1n) is 5.92. The molecule has 0 radical (unpaired) electrons. The molecule has 0 bridgehead atoms. The molecule has 0 saturated carbocycles. The first kappa shape index (κ1) is 12.1. The largest absolute Gasteiger partial charge is 0.288 e. The maximum absolute atomic E-state index is 11.8. The number of hydrogen-bond acceptors (Lipinski definition) is 3. The quantitative estimate of drug-likeness (QED) is 0.799. The van der Waals surface area contributed by atoms with Crippen molar-refractivity contribution in [2.45, 2.75) is 25.4 Å². The van der Waals surface area contributed by atoms with Gasteiger partial charge in [-0.1, -0.05) is 30.3 Å². The van der Waals surface area contributed by atoms with Crippen molar-refractivity contribution in [2.24, 2.45) is 0 Å². The number of hydrogen-bond donors (Lipinski definition) is 1. The van der Waals surface area contributed by atoms with Gasteiger partial charge in [0.25, 0.3) is 5.91 Å². The van der Waals surface area contributed by atoms with Gasteiger partial charge in [0.1, 0.15) is 0 Å². The average molecular weight is 234 g/mol. The van der Waals surface area contributed by atoms with E-state index >= 15 is 0 Å². The number of benzene rings is 1.